The Labute approximate surface area is 281 Å². The number of hydrogen-bond donors (Lipinski definition) is 9. The largest absolute Gasteiger partial charge is 0.463 e. The number of hydrogen-bond acceptors (Lipinski definition) is 18. The summed E-state index contributed by atoms with van der Waals surface area (Å²) >= 11 is 0. The van der Waals surface area contributed by atoms with E-state index in [1.54, 1.807) is 0 Å². The lowest BCUT2D eigenvalue weighted by molar-refractivity contribution is -0.344. The summed E-state index contributed by atoms with van der Waals surface area (Å²) in [5.74, 6) is -2.98. The first-order valence-electron chi connectivity index (χ1n) is 17.0. The van der Waals surface area contributed by atoms with Crippen LogP contribution in [0.3, 0.4) is 0 Å². The lowest BCUT2D eigenvalue weighted by atomic mass is 9.73. The van der Waals surface area contributed by atoms with Gasteiger partial charge in [-0.3, -0.25) is 4.79 Å². The first-order chi connectivity index (χ1) is 23.3. The van der Waals surface area contributed by atoms with Crippen molar-refractivity contribution in [2.75, 3.05) is 13.2 Å². The van der Waals surface area contributed by atoms with E-state index in [4.69, 9.17) is 33.2 Å². The maximum Gasteiger partial charge on any atom is 0.335 e. The minimum absolute atomic E-state index is 0.0650. The highest BCUT2D eigenvalue weighted by Gasteiger charge is 2.54. The number of cyclic esters (lactones) is 2. The summed E-state index contributed by atoms with van der Waals surface area (Å²) in [5, 5.41) is 95.5. The number of ether oxygens (including phenoxy) is 7. The van der Waals surface area contributed by atoms with Gasteiger partial charge >= 0.3 is 11.9 Å². The molecule has 6 fully saturated rings. The van der Waals surface area contributed by atoms with Gasteiger partial charge in [0.25, 0.3) is 0 Å². The maximum absolute atomic E-state index is 12.5. The van der Waals surface area contributed by atoms with Crippen molar-refractivity contribution in [3.05, 3.63) is 0 Å². The third-order valence-corrected chi connectivity index (χ3v) is 10.8. The highest BCUT2D eigenvalue weighted by molar-refractivity contribution is 5.81. The van der Waals surface area contributed by atoms with E-state index >= 15 is 0 Å². The summed E-state index contributed by atoms with van der Waals surface area (Å²) in [6.07, 6.45) is -20.8. The highest BCUT2D eigenvalue weighted by Crippen LogP contribution is 2.45. The number of aliphatic hydroxyl groups excluding tert-OH is 9. The smallest absolute Gasteiger partial charge is 0.335 e. The molecule has 6 bridgehead atoms. The van der Waals surface area contributed by atoms with Gasteiger partial charge in [0.05, 0.1) is 43.0 Å². The van der Waals surface area contributed by atoms with Gasteiger partial charge in [-0.1, -0.05) is 0 Å². The van der Waals surface area contributed by atoms with Crippen LogP contribution in [-0.4, -0.2) is 175 Å². The highest BCUT2D eigenvalue weighted by atomic mass is 16.7. The molecule has 0 radical (unpaired) electrons. The molecule has 2 aliphatic carbocycles. The van der Waals surface area contributed by atoms with Crippen LogP contribution >= 0.6 is 0 Å². The molecule has 49 heavy (non-hydrogen) atoms. The minimum Gasteiger partial charge on any atom is -0.463 e. The summed E-state index contributed by atoms with van der Waals surface area (Å²) in [6, 6.07) is 0. The van der Waals surface area contributed by atoms with E-state index in [1.807, 2.05) is 0 Å². The van der Waals surface area contributed by atoms with Crippen molar-refractivity contribution >= 4 is 11.9 Å². The molecule has 6 unspecified atom stereocenters. The number of fused-ring (bicyclic) bond motifs is 5. The number of carbonyl (C=O) groups excluding carboxylic acids is 2. The van der Waals surface area contributed by atoms with Crippen molar-refractivity contribution in [1.29, 1.82) is 0 Å². The molecule has 17 atom stereocenters. The summed E-state index contributed by atoms with van der Waals surface area (Å²) in [4.78, 5) is 24.9. The number of esters is 2. The first kappa shape index (κ1) is 37.1. The Morgan fingerprint density at radius 2 is 1.00 bits per heavy atom. The Hall–Kier alpha value is -1.62. The SMILES string of the molecule is O=C1C[C@H](O)C(=O)OC[C@H]2O[C@@H](OC3CC(O)CC4OC(C5CCC(O)CC5)C(CC43)O[C@@H]3O[C@H](CO1)[C@@H](O)[C@H](O)[C@H]3O)[C@H](O)[C@@H](O)[C@@H]2O. The van der Waals surface area contributed by atoms with Gasteiger partial charge in [0.1, 0.15) is 62.0 Å². The Bertz CT molecular complexity index is 1140. The van der Waals surface area contributed by atoms with Crippen molar-refractivity contribution < 1.29 is 88.7 Å². The molecule has 0 spiro atoms. The van der Waals surface area contributed by atoms with Crippen LogP contribution in [0.1, 0.15) is 51.4 Å². The average Bonchev–Trinajstić information content (AvgIpc) is 3.07. The van der Waals surface area contributed by atoms with E-state index < -0.39 is 142 Å². The van der Waals surface area contributed by atoms with Crippen LogP contribution in [0, 0.1) is 11.8 Å². The summed E-state index contributed by atoms with van der Waals surface area (Å²) in [6.45, 7) is -1.34. The normalized spacial score (nSPS) is 52.0. The van der Waals surface area contributed by atoms with Crippen LogP contribution in [0.2, 0.25) is 0 Å². The molecule has 6 rings (SSSR count). The van der Waals surface area contributed by atoms with Gasteiger partial charge in [-0.05, 0) is 44.4 Å². The third-order valence-electron chi connectivity index (χ3n) is 10.8. The van der Waals surface area contributed by atoms with Gasteiger partial charge in [-0.15, -0.1) is 0 Å². The Morgan fingerprint density at radius 1 is 0.490 bits per heavy atom. The van der Waals surface area contributed by atoms with Crippen molar-refractivity contribution in [3.8, 4) is 0 Å². The van der Waals surface area contributed by atoms with Crippen molar-refractivity contribution in [2.24, 2.45) is 11.8 Å². The predicted octanol–water partition coefficient (Wildman–Crippen LogP) is -4.30. The summed E-state index contributed by atoms with van der Waals surface area (Å²) in [7, 11) is 0. The fourth-order valence-electron chi connectivity index (χ4n) is 7.92. The molecular weight excluding hydrogens is 660 g/mol. The Kier molecular flexibility index (Phi) is 11.8. The second-order valence-electron chi connectivity index (χ2n) is 14.1. The zero-order valence-corrected chi connectivity index (χ0v) is 26.7. The molecule has 6 aliphatic rings. The number of carbonyl (C=O) groups is 2. The molecular formula is C31H48O18. The van der Waals surface area contributed by atoms with Crippen LogP contribution in [-0.2, 0) is 42.7 Å². The molecule has 0 aromatic carbocycles. The minimum atomic E-state index is -2.01. The zero-order valence-electron chi connectivity index (χ0n) is 26.7. The van der Waals surface area contributed by atoms with E-state index in [0.29, 0.717) is 25.7 Å². The van der Waals surface area contributed by atoms with Gasteiger partial charge < -0.3 is 79.1 Å². The average molecular weight is 709 g/mol. The Balaban J connectivity index is 1.31. The summed E-state index contributed by atoms with van der Waals surface area (Å²) < 4.78 is 40.8. The third kappa shape index (κ3) is 8.07. The van der Waals surface area contributed by atoms with E-state index in [0.717, 1.165) is 0 Å². The monoisotopic (exact) mass is 708 g/mol. The molecule has 4 heterocycles. The molecule has 18 nitrogen and oxygen atoms in total. The predicted molar refractivity (Wildman–Crippen MR) is 156 cm³/mol. The maximum atomic E-state index is 12.5. The molecule has 2 saturated carbocycles. The molecule has 0 aromatic rings. The molecule has 4 saturated heterocycles. The first-order valence-corrected chi connectivity index (χ1v) is 17.0. The topological polar surface area (TPSA) is 281 Å². The molecule has 0 aromatic heterocycles. The second-order valence-corrected chi connectivity index (χ2v) is 14.1. The van der Waals surface area contributed by atoms with Crippen LogP contribution in [0.15, 0.2) is 0 Å². The number of rotatable bonds is 1. The van der Waals surface area contributed by atoms with Crippen LogP contribution in [0.5, 0.6) is 0 Å². The van der Waals surface area contributed by atoms with Gasteiger partial charge in [-0.25, -0.2) is 4.79 Å². The zero-order chi connectivity index (χ0) is 35.1. The quantitative estimate of drug-likeness (QED) is 0.117. The molecule has 9 N–H and O–H groups in total. The molecule has 18 heteroatoms. The van der Waals surface area contributed by atoms with Gasteiger partial charge in [0.2, 0.25) is 0 Å². The fourth-order valence-corrected chi connectivity index (χ4v) is 7.92. The standard InChI is InChI=1S/C31H48O18/c32-12-3-1-11(2-4-12)28-18-7-14-16(45-28)5-13(33)6-17(14)46-30-26(40)25(39)23(37)20(49-30)10-44-29(42)15(34)8-21(35)43-9-19-22(36)24(38)27(41)31(47-18)48-19/h11-20,22-28,30-34,36-41H,1-10H2/t11?,12?,13?,14?,15-,16?,17?,18?,19+,20+,22+,23+,24-,25-,26+,27+,28?,30+,31+/m0/s1. The van der Waals surface area contributed by atoms with Crippen molar-refractivity contribution in [3.63, 3.8) is 0 Å². The van der Waals surface area contributed by atoms with Gasteiger partial charge in [0.15, 0.2) is 18.7 Å². The molecule has 0 amide bonds. The van der Waals surface area contributed by atoms with Crippen LogP contribution in [0.25, 0.3) is 0 Å². The lowest BCUT2D eigenvalue weighted by Crippen LogP contribution is -2.63. The fraction of sp³-hybridized carbons (Fsp3) is 0.935. The lowest BCUT2D eigenvalue weighted by Gasteiger charge is -2.52. The number of aliphatic hydroxyl groups is 9. The van der Waals surface area contributed by atoms with Crippen molar-refractivity contribution in [1.82, 2.24) is 0 Å². The van der Waals surface area contributed by atoms with E-state index in [2.05, 4.69) is 0 Å². The molecule has 280 valence electrons. The van der Waals surface area contributed by atoms with E-state index in [9.17, 15) is 55.5 Å². The van der Waals surface area contributed by atoms with Gasteiger partial charge in [-0.2, -0.15) is 0 Å². The van der Waals surface area contributed by atoms with Gasteiger partial charge in [0, 0.05) is 12.3 Å². The van der Waals surface area contributed by atoms with E-state index in [1.165, 1.54) is 0 Å². The van der Waals surface area contributed by atoms with Crippen LogP contribution in [0.4, 0.5) is 0 Å². The molecule has 4 aliphatic heterocycles. The van der Waals surface area contributed by atoms with Crippen LogP contribution < -0.4 is 0 Å². The van der Waals surface area contributed by atoms with Crippen molar-refractivity contribution in [2.45, 2.75) is 156 Å². The summed E-state index contributed by atoms with van der Waals surface area (Å²) in [5.41, 5.74) is 0. The van der Waals surface area contributed by atoms with E-state index in [-0.39, 0.29) is 25.2 Å². The Morgan fingerprint density at radius 3 is 1.59 bits per heavy atom. The second kappa shape index (κ2) is 15.5.